The van der Waals surface area contributed by atoms with Gasteiger partial charge in [0.2, 0.25) is 0 Å². The van der Waals surface area contributed by atoms with Gasteiger partial charge in [-0.3, -0.25) is 4.79 Å². The minimum Gasteiger partial charge on any atom is -0.460 e. The van der Waals surface area contributed by atoms with E-state index in [2.05, 4.69) is 0 Å². The first kappa shape index (κ1) is 13.9. The van der Waals surface area contributed by atoms with Crippen LogP contribution in [-0.2, 0) is 9.53 Å². The van der Waals surface area contributed by atoms with Crippen LogP contribution in [0.3, 0.4) is 0 Å². The van der Waals surface area contributed by atoms with Gasteiger partial charge in [0, 0.05) is 16.3 Å². The van der Waals surface area contributed by atoms with Crippen molar-refractivity contribution in [1.82, 2.24) is 0 Å². The van der Waals surface area contributed by atoms with Crippen LogP contribution in [0.15, 0.2) is 29.2 Å². The average Bonchev–Trinajstić information content (AvgIpc) is 2.14. The maximum atomic E-state index is 11.5. The molecule has 0 aliphatic heterocycles. The van der Waals surface area contributed by atoms with E-state index in [1.165, 1.54) is 0 Å². The van der Waals surface area contributed by atoms with Gasteiger partial charge in [0.15, 0.2) is 0 Å². The molecule has 0 radical (unpaired) electrons. The van der Waals surface area contributed by atoms with Crippen LogP contribution >= 0.6 is 11.8 Å². The molecule has 0 saturated carbocycles. The SMILES string of the molecule is CC(C)(C)OC(=O)CCSc1cccc(N)c1. The Kier molecular flexibility index (Phi) is 4.87. The quantitative estimate of drug-likeness (QED) is 0.509. The molecule has 1 aromatic rings. The second-order valence-electron chi connectivity index (χ2n) is 4.76. The number of nitrogens with two attached hydrogens (primary N) is 1. The summed E-state index contributed by atoms with van der Waals surface area (Å²) in [6.45, 7) is 5.61. The van der Waals surface area contributed by atoms with Crippen LogP contribution in [0.5, 0.6) is 0 Å². The number of carbonyl (C=O) groups is 1. The molecule has 1 aromatic carbocycles. The lowest BCUT2D eigenvalue weighted by Gasteiger charge is -2.19. The number of ether oxygens (including phenoxy) is 1. The summed E-state index contributed by atoms with van der Waals surface area (Å²) >= 11 is 1.61. The predicted octanol–water partition coefficient (Wildman–Crippen LogP) is 3.09. The highest BCUT2D eigenvalue weighted by atomic mass is 32.2. The maximum Gasteiger partial charge on any atom is 0.307 e. The van der Waals surface area contributed by atoms with Crippen molar-refractivity contribution in [3.63, 3.8) is 0 Å². The molecular weight excluding hydrogens is 234 g/mol. The minimum absolute atomic E-state index is 0.158. The van der Waals surface area contributed by atoms with E-state index < -0.39 is 5.60 Å². The normalized spacial score (nSPS) is 11.2. The minimum atomic E-state index is -0.404. The number of benzene rings is 1. The van der Waals surface area contributed by atoms with Crippen molar-refractivity contribution in [3.8, 4) is 0 Å². The fourth-order valence-corrected chi connectivity index (χ4v) is 2.15. The van der Waals surface area contributed by atoms with Crippen LogP contribution in [-0.4, -0.2) is 17.3 Å². The fourth-order valence-electron chi connectivity index (χ4n) is 1.25. The number of esters is 1. The summed E-state index contributed by atoms with van der Waals surface area (Å²) < 4.78 is 5.22. The summed E-state index contributed by atoms with van der Waals surface area (Å²) in [6, 6.07) is 7.64. The lowest BCUT2D eigenvalue weighted by molar-refractivity contribution is -0.154. The van der Waals surface area contributed by atoms with E-state index in [9.17, 15) is 4.79 Å². The molecule has 17 heavy (non-hydrogen) atoms. The third-order valence-corrected chi connectivity index (χ3v) is 2.85. The fraction of sp³-hybridized carbons (Fsp3) is 0.462. The van der Waals surface area contributed by atoms with Gasteiger partial charge in [0.05, 0.1) is 6.42 Å². The first-order chi connectivity index (χ1) is 7.87. The molecule has 0 spiro atoms. The second kappa shape index (κ2) is 5.96. The monoisotopic (exact) mass is 253 g/mol. The van der Waals surface area contributed by atoms with Gasteiger partial charge in [-0.05, 0) is 39.0 Å². The van der Waals surface area contributed by atoms with E-state index in [1.54, 1.807) is 11.8 Å². The van der Waals surface area contributed by atoms with Gasteiger partial charge in [0.25, 0.3) is 0 Å². The number of hydrogen-bond donors (Lipinski definition) is 1. The molecule has 0 amide bonds. The highest BCUT2D eigenvalue weighted by Gasteiger charge is 2.15. The third kappa shape index (κ3) is 6.22. The van der Waals surface area contributed by atoms with Gasteiger partial charge in [-0.15, -0.1) is 11.8 Å². The van der Waals surface area contributed by atoms with Gasteiger partial charge >= 0.3 is 5.97 Å². The van der Waals surface area contributed by atoms with E-state index in [0.29, 0.717) is 12.2 Å². The van der Waals surface area contributed by atoms with E-state index in [4.69, 9.17) is 10.5 Å². The van der Waals surface area contributed by atoms with Crippen LogP contribution in [0.4, 0.5) is 5.69 Å². The molecular formula is C13H19NO2S. The van der Waals surface area contributed by atoms with Gasteiger partial charge in [0.1, 0.15) is 5.60 Å². The number of thioether (sulfide) groups is 1. The molecule has 0 atom stereocenters. The molecule has 0 unspecified atom stereocenters. The van der Waals surface area contributed by atoms with Gasteiger partial charge in [-0.2, -0.15) is 0 Å². The third-order valence-electron chi connectivity index (χ3n) is 1.85. The molecule has 0 aliphatic carbocycles. The van der Waals surface area contributed by atoms with E-state index in [0.717, 1.165) is 10.6 Å². The first-order valence-electron chi connectivity index (χ1n) is 5.57. The molecule has 1 rings (SSSR count). The molecule has 3 nitrogen and oxygen atoms in total. The summed E-state index contributed by atoms with van der Waals surface area (Å²) in [7, 11) is 0. The number of anilines is 1. The van der Waals surface area contributed by atoms with Crippen LogP contribution in [0.2, 0.25) is 0 Å². The number of hydrogen-bond acceptors (Lipinski definition) is 4. The summed E-state index contributed by atoms with van der Waals surface area (Å²) in [5, 5.41) is 0. The topological polar surface area (TPSA) is 52.3 Å². The standard InChI is InChI=1S/C13H19NO2S/c1-13(2,3)16-12(15)7-8-17-11-6-4-5-10(14)9-11/h4-6,9H,7-8,14H2,1-3H3. The Hall–Kier alpha value is -1.16. The van der Waals surface area contributed by atoms with Crippen LogP contribution in [0.1, 0.15) is 27.2 Å². The highest BCUT2D eigenvalue weighted by Crippen LogP contribution is 2.21. The molecule has 0 aromatic heterocycles. The Bertz CT molecular complexity index is 385. The van der Waals surface area contributed by atoms with E-state index >= 15 is 0 Å². The van der Waals surface area contributed by atoms with Crippen molar-refractivity contribution in [2.45, 2.75) is 37.7 Å². The summed E-state index contributed by atoms with van der Waals surface area (Å²) in [4.78, 5) is 12.5. The zero-order valence-corrected chi connectivity index (χ0v) is 11.3. The van der Waals surface area contributed by atoms with Crippen molar-refractivity contribution in [2.24, 2.45) is 0 Å². The first-order valence-corrected chi connectivity index (χ1v) is 6.55. The smallest absolute Gasteiger partial charge is 0.307 e. The molecule has 94 valence electrons. The zero-order valence-electron chi connectivity index (χ0n) is 10.5. The Morgan fingerprint density at radius 1 is 1.41 bits per heavy atom. The van der Waals surface area contributed by atoms with Crippen molar-refractivity contribution < 1.29 is 9.53 Å². The Balaban J connectivity index is 2.31. The highest BCUT2D eigenvalue weighted by molar-refractivity contribution is 7.99. The Morgan fingerprint density at radius 3 is 2.71 bits per heavy atom. The Morgan fingerprint density at radius 2 is 2.12 bits per heavy atom. The average molecular weight is 253 g/mol. The van der Waals surface area contributed by atoms with Crippen molar-refractivity contribution in [3.05, 3.63) is 24.3 Å². The van der Waals surface area contributed by atoms with Crippen molar-refractivity contribution in [1.29, 1.82) is 0 Å². The van der Waals surface area contributed by atoms with Crippen LogP contribution in [0, 0.1) is 0 Å². The molecule has 0 bridgehead atoms. The van der Waals surface area contributed by atoms with Gasteiger partial charge in [-0.1, -0.05) is 6.07 Å². The molecule has 0 heterocycles. The molecule has 4 heteroatoms. The number of nitrogen functional groups attached to an aromatic ring is 1. The van der Waals surface area contributed by atoms with Gasteiger partial charge in [-0.25, -0.2) is 0 Å². The molecule has 0 fully saturated rings. The zero-order chi connectivity index (χ0) is 12.9. The van der Waals surface area contributed by atoms with Crippen LogP contribution < -0.4 is 5.73 Å². The van der Waals surface area contributed by atoms with Crippen molar-refractivity contribution in [2.75, 3.05) is 11.5 Å². The molecule has 0 aliphatic rings. The van der Waals surface area contributed by atoms with Crippen molar-refractivity contribution >= 4 is 23.4 Å². The lowest BCUT2D eigenvalue weighted by Crippen LogP contribution is -2.23. The van der Waals surface area contributed by atoms with E-state index in [-0.39, 0.29) is 5.97 Å². The summed E-state index contributed by atoms with van der Waals surface area (Å²) in [5.41, 5.74) is 6.01. The maximum absolute atomic E-state index is 11.5. The molecule has 0 saturated heterocycles. The van der Waals surface area contributed by atoms with E-state index in [1.807, 2.05) is 45.0 Å². The van der Waals surface area contributed by atoms with Crippen LogP contribution in [0.25, 0.3) is 0 Å². The molecule has 2 N–H and O–H groups in total. The van der Waals surface area contributed by atoms with Gasteiger partial charge < -0.3 is 10.5 Å². The second-order valence-corrected chi connectivity index (χ2v) is 5.93. The summed E-state index contributed by atoms with van der Waals surface area (Å²) in [5.74, 6) is 0.548. The summed E-state index contributed by atoms with van der Waals surface area (Å²) in [6.07, 6.45) is 0.413. The number of carbonyl (C=O) groups excluding carboxylic acids is 1. The largest absolute Gasteiger partial charge is 0.460 e. The lowest BCUT2D eigenvalue weighted by atomic mass is 10.2. The Labute approximate surface area is 107 Å². The number of rotatable bonds is 4. The predicted molar refractivity (Wildman–Crippen MR) is 72.0 cm³/mol.